The summed E-state index contributed by atoms with van der Waals surface area (Å²) >= 11 is 3.30. The molecule has 1 heterocycles. The molecule has 1 aliphatic rings. The predicted octanol–water partition coefficient (Wildman–Crippen LogP) is 1.41. The number of ether oxygens (including phenoxy) is 1. The van der Waals surface area contributed by atoms with Gasteiger partial charge in [-0.2, -0.15) is 0 Å². The van der Waals surface area contributed by atoms with E-state index in [1.54, 1.807) is 12.1 Å². The number of benzene rings is 1. The van der Waals surface area contributed by atoms with Crippen LogP contribution >= 0.6 is 15.9 Å². The van der Waals surface area contributed by atoms with Crippen molar-refractivity contribution in [3.8, 4) is 5.75 Å². The third-order valence-electron chi connectivity index (χ3n) is 2.47. The van der Waals surface area contributed by atoms with Crippen LogP contribution in [-0.2, 0) is 9.63 Å². The maximum Gasteiger partial charge on any atom is 0.277 e. The lowest BCUT2D eigenvalue weighted by Gasteiger charge is -2.21. The fraction of sp³-hybridized carbons (Fsp3) is 0.273. The Hall–Kier alpha value is -1.60. The Bertz CT molecular complexity index is 518. The number of fused-ring (bicyclic) bond motifs is 1. The molecule has 0 saturated carbocycles. The van der Waals surface area contributed by atoms with Gasteiger partial charge in [0.15, 0.2) is 12.4 Å². The molecule has 0 atom stereocenters. The standard InChI is InChI=1S/C11H11BrN2O4/c1-14(17-2)11(16)6-3-7(12)10-8(4-6)13-9(15)5-18-10/h3-4H,5H2,1-2H3,(H,13,15). The zero-order valence-electron chi connectivity index (χ0n) is 9.82. The summed E-state index contributed by atoms with van der Waals surface area (Å²) in [5.74, 6) is -0.0499. The van der Waals surface area contributed by atoms with Crippen molar-refractivity contribution in [1.29, 1.82) is 0 Å². The number of halogens is 1. The van der Waals surface area contributed by atoms with E-state index in [4.69, 9.17) is 9.57 Å². The maximum absolute atomic E-state index is 11.9. The van der Waals surface area contributed by atoms with Crippen molar-refractivity contribution in [2.24, 2.45) is 0 Å². The van der Waals surface area contributed by atoms with E-state index in [1.165, 1.54) is 14.2 Å². The van der Waals surface area contributed by atoms with E-state index in [-0.39, 0.29) is 18.4 Å². The first-order chi connectivity index (χ1) is 8.52. The summed E-state index contributed by atoms with van der Waals surface area (Å²) in [6, 6.07) is 3.17. The number of nitrogens with one attached hydrogen (secondary N) is 1. The van der Waals surface area contributed by atoms with E-state index < -0.39 is 0 Å². The van der Waals surface area contributed by atoms with Gasteiger partial charge in [-0.3, -0.25) is 14.4 Å². The minimum absolute atomic E-state index is 0.0309. The predicted molar refractivity (Wildman–Crippen MR) is 67.4 cm³/mol. The molecule has 0 fully saturated rings. The van der Waals surface area contributed by atoms with Gasteiger partial charge in [0.05, 0.1) is 17.3 Å². The summed E-state index contributed by atoms with van der Waals surface area (Å²) in [7, 11) is 2.90. The van der Waals surface area contributed by atoms with Crippen LogP contribution < -0.4 is 10.1 Å². The summed E-state index contributed by atoms with van der Waals surface area (Å²) in [5.41, 5.74) is 0.851. The van der Waals surface area contributed by atoms with Gasteiger partial charge < -0.3 is 10.1 Å². The molecule has 1 aromatic rings. The Morgan fingerprint density at radius 3 is 2.94 bits per heavy atom. The largest absolute Gasteiger partial charge is 0.480 e. The number of hydroxylamine groups is 2. The molecule has 7 heteroatoms. The second-order valence-electron chi connectivity index (χ2n) is 3.66. The second kappa shape index (κ2) is 4.95. The molecule has 0 bridgehead atoms. The molecule has 0 aliphatic carbocycles. The number of amides is 2. The average Bonchev–Trinajstić information content (AvgIpc) is 2.36. The van der Waals surface area contributed by atoms with Gasteiger partial charge in [-0.25, -0.2) is 5.06 Å². The van der Waals surface area contributed by atoms with Gasteiger partial charge in [-0.15, -0.1) is 0 Å². The molecular formula is C11H11BrN2O4. The highest BCUT2D eigenvalue weighted by molar-refractivity contribution is 9.10. The molecule has 6 nitrogen and oxygen atoms in total. The molecule has 2 amide bonds. The van der Waals surface area contributed by atoms with Gasteiger partial charge in [0.1, 0.15) is 0 Å². The normalized spacial score (nSPS) is 13.4. The van der Waals surface area contributed by atoms with Gasteiger partial charge in [-0.05, 0) is 28.1 Å². The highest BCUT2D eigenvalue weighted by Crippen LogP contribution is 2.36. The van der Waals surface area contributed by atoms with Crippen LogP contribution in [-0.4, -0.2) is 37.6 Å². The zero-order valence-corrected chi connectivity index (χ0v) is 11.4. The van der Waals surface area contributed by atoms with E-state index in [9.17, 15) is 9.59 Å². The highest BCUT2D eigenvalue weighted by atomic mass is 79.9. The van der Waals surface area contributed by atoms with Crippen LogP contribution in [0.5, 0.6) is 5.75 Å². The molecule has 0 unspecified atom stereocenters. The smallest absolute Gasteiger partial charge is 0.277 e. The molecule has 1 aromatic carbocycles. The minimum atomic E-state index is -0.319. The summed E-state index contributed by atoms with van der Waals surface area (Å²) < 4.78 is 5.88. The molecule has 2 rings (SSSR count). The Labute approximate surface area is 112 Å². The van der Waals surface area contributed by atoms with Gasteiger partial charge in [-0.1, -0.05) is 0 Å². The fourth-order valence-corrected chi connectivity index (χ4v) is 2.12. The number of carbonyl (C=O) groups is 2. The zero-order chi connectivity index (χ0) is 13.3. The van der Waals surface area contributed by atoms with Crippen LogP contribution in [0.15, 0.2) is 16.6 Å². The summed E-state index contributed by atoms with van der Waals surface area (Å²) in [5, 5.41) is 3.74. The van der Waals surface area contributed by atoms with E-state index >= 15 is 0 Å². The summed E-state index contributed by atoms with van der Waals surface area (Å²) in [6.45, 7) is -0.0309. The molecular weight excluding hydrogens is 304 g/mol. The fourth-order valence-electron chi connectivity index (χ4n) is 1.55. The first kappa shape index (κ1) is 12.8. The van der Waals surface area contributed by atoms with Crippen LogP contribution in [0.4, 0.5) is 5.69 Å². The van der Waals surface area contributed by atoms with E-state index in [0.717, 1.165) is 5.06 Å². The van der Waals surface area contributed by atoms with Crippen LogP contribution in [0.1, 0.15) is 10.4 Å². The number of hydrogen-bond donors (Lipinski definition) is 1. The summed E-state index contributed by atoms with van der Waals surface area (Å²) in [4.78, 5) is 28.0. The van der Waals surface area contributed by atoms with Crippen LogP contribution in [0, 0.1) is 0 Å². The van der Waals surface area contributed by atoms with Gasteiger partial charge in [0.25, 0.3) is 11.8 Å². The summed E-state index contributed by atoms with van der Waals surface area (Å²) in [6.07, 6.45) is 0. The van der Waals surface area contributed by atoms with E-state index in [0.29, 0.717) is 21.5 Å². The van der Waals surface area contributed by atoms with Gasteiger partial charge in [0, 0.05) is 12.6 Å². The lowest BCUT2D eigenvalue weighted by molar-refractivity contribution is -0.118. The topological polar surface area (TPSA) is 67.9 Å². The van der Waals surface area contributed by atoms with Crippen molar-refractivity contribution < 1.29 is 19.2 Å². The van der Waals surface area contributed by atoms with Crippen LogP contribution in [0.3, 0.4) is 0 Å². The Kier molecular flexibility index (Phi) is 3.53. The number of rotatable bonds is 2. The van der Waals surface area contributed by atoms with Crippen molar-refractivity contribution in [1.82, 2.24) is 5.06 Å². The van der Waals surface area contributed by atoms with Crippen molar-refractivity contribution in [2.45, 2.75) is 0 Å². The van der Waals surface area contributed by atoms with Gasteiger partial charge >= 0.3 is 0 Å². The maximum atomic E-state index is 11.9. The molecule has 1 N–H and O–H groups in total. The lowest BCUT2D eigenvalue weighted by atomic mass is 10.1. The minimum Gasteiger partial charge on any atom is -0.480 e. The molecule has 0 saturated heterocycles. The number of anilines is 1. The Morgan fingerprint density at radius 1 is 1.56 bits per heavy atom. The SMILES string of the molecule is CON(C)C(=O)c1cc(Br)c2c(c1)NC(=O)CO2. The highest BCUT2D eigenvalue weighted by Gasteiger charge is 2.22. The van der Waals surface area contributed by atoms with Crippen molar-refractivity contribution in [3.63, 3.8) is 0 Å². The Balaban J connectivity index is 2.40. The number of hydrogen-bond acceptors (Lipinski definition) is 4. The van der Waals surface area contributed by atoms with Crippen molar-refractivity contribution >= 4 is 33.4 Å². The van der Waals surface area contributed by atoms with Gasteiger partial charge in [0.2, 0.25) is 0 Å². The molecule has 0 spiro atoms. The number of nitrogens with zero attached hydrogens (tertiary/aromatic N) is 1. The first-order valence-electron chi connectivity index (χ1n) is 5.11. The third-order valence-corrected chi connectivity index (χ3v) is 3.06. The van der Waals surface area contributed by atoms with Crippen LogP contribution in [0.2, 0.25) is 0 Å². The quantitative estimate of drug-likeness (QED) is 0.838. The number of carbonyl (C=O) groups excluding carboxylic acids is 2. The first-order valence-corrected chi connectivity index (χ1v) is 5.90. The second-order valence-corrected chi connectivity index (χ2v) is 4.51. The molecule has 0 radical (unpaired) electrons. The van der Waals surface area contributed by atoms with E-state index in [1.807, 2.05) is 0 Å². The van der Waals surface area contributed by atoms with Crippen LogP contribution in [0.25, 0.3) is 0 Å². The molecule has 1 aliphatic heterocycles. The molecule has 18 heavy (non-hydrogen) atoms. The average molecular weight is 315 g/mol. The Morgan fingerprint density at radius 2 is 2.28 bits per heavy atom. The van der Waals surface area contributed by atoms with Crippen molar-refractivity contribution in [2.75, 3.05) is 26.1 Å². The van der Waals surface area contributed by atoms with Crippen molar-refractivity contribution in [3.05, 3.63) is 22.2 Å². The molecule has 96 valence electrons. The third kappa shape index (κ3) is 2.32. The van der Waals surface area contributed by atoms with E-state index in [2.05, 4.69) is 21.2 Å². The lowest BCUT2D eigenvalue weighted by Crippen LogP contribution is -2.28. The molecule has 0 aromatic heterocycles. The monoisotopic (exact) mass is 314 g/mol.